The third-order valence-corrected chi connectivity index (χ3v) is 5.14. The number of hydrogen-bond acceptors (Lipinski definition) is 6. The summed E-state index contributed by atoms with van der Waals surface area (Å²) < 4.78 is 9.94. The Morgan fingerprint density at radius 3 is 2.43 bits per heavy atom. The van der Waals surface area contributed by atoms with Gasteiger partial charge in [0.25, 0.3) is 0 Å². The van der Waals surface area contributed by atoms with Gasteiger partial charge in [0.1, 0.15) is 0 Å². The molecule has 0 aliphatic rings. The Labute approximate surface area is 178 Å². The highest BCUT2D eigenvalue weighted by molar-refractivity contribution is 6.03. The second kappa shape index (κ2) is 12.2. The monoisotopic (exact) mass is 413 g/mol. The number of carbonyl (C=O) groups is 2. The molecule has 0 radical (unpaired) electrons. The summed E-state index contributed by atoms with van der Waals surface area (Å²) in [5.74, 6) is -1.07. The summed E-state index contributed by atoms with van der Waals surface area (Å²) in [6.07, 6.45) is 1.84. The number of carbonyl (C=O) groups excluding carboxylic acids is 2. The largest absolute Gasteiger partial charge is 0.469 e. The first kappa shape index (κ1) is 23.7. The predicted molar refractivity (Wildman–Crippen MR) is 116 cm³/mol. The maximum Gasteiger partial charge on any atom is 0.309 e. The Hall–Kier alpha value is -2.54. The first-order valence-corrected chi connectivity index (χ1v) is 10.1. The maximum atomic E-state index is 13.2. The fraction of sp³-hybridized carbons (Fsp3) is 0.417. The van der Waals surface area contributed by atoms with E-state index < -0.39 is 11.9 Å². The minimum absolute atomic E-state index is 0.0570. The minimum atomic E-state index is -0.548. The number of ether oxygens (including phenoxy) is 2. The summed E-state index contributed by atoms with van der Waals surface area (Å²) in [6, 6.07) is 15.1. The molecule has 0 saturated heterocycles. The lowest BCUT2D eigenvalue weighted by Crippen LogP contribution is -2.24. The molecule has 0 spiro atoms. The van der Waals surface area contributed by atoms with Crippen LogP contribution in [0, 0.1) is 5.92 Å². The second-order valence-corrected chi connectivity index (χ2v) is 7.36. The fourth-order valence-electron chi connectivity index (χ4n) is 3.35. The molecule has 3 N–H and O–H groups in total. The van der Waals surface area contributed by atoms with E-state index in [2.05, 4.69) is 0 Å². The van der Waals surface area contributed by atoms with Crippen LogP contribution in [0.5, 0.6) is 0 Å². The first-order chi connectivity index (χ1) is 14.5. The molecule has 30 heavy (non-hydrogen) atoms. The number of ketones is 1. The summed E-state index contributed by atoms with van der Waals surface area (Å²) in [4.78, 5) is 25.3. The zero-order valence-electron chi connectivity index (χ0n) is 17.7. The SMILES string of the molecule is COCC[C@H](CC(=O)c1ccc(CC[C@@H](N)CO)cc1-c1ccccc1)C(=O)OC. The predicted octanol–water partition coefficient (Wildman–Crippen LogP) is 3.00. The lowest BCUT2D eigenvalue weighted by atomic mass is 9.89. The molecule has 2 rings (SSSR count). The van der Waals surface area contributed by atoms with Gasteiger partial charge in [-0.3, -0.25) is 9.59 Å². The number of nitrogens with two attached hydrogens (primary N) is 1. The number of methoxy groups -OCH3 is 2. The standard InChI is InChI=1S/C24H31NO5/c1-29-13-12-19(24(28)30-2)15-23(27)21-11-9-17(8-10-20(25)16-26)14-22(21)18-6-4-3-5-7-18/h3-7,9,11,14,19-20,26H,8,10,12-13,15-16,25H2,1-2H3/t19-,20-/m1/s1. The highest BCUT2D eigenvalue weighted by atomic mass is 16.5. The van der Waals surface area contributed by atoms with Crippen molar-refractivity contribution in [2.45, 2.75) is 31.7 Å². The van der Waals surface area contributed by atoms with Gasteiger partial charge < -0.3 is 20.3 Å². The van der Waals surface area contributed by atoms with Gasteiger partial charge in [-0.05, 0) is 36.0 Å². The molecule has 2 aromatic carbocycles. The average molecular weight is 414 g/mol. The van der Waals surface area contributed by atoms with Gasteiger partial charge in [-0.2, -0.15) is 0 Å². The molecule has 2 atom stereocenters. The second-order valence-electron chi connectivity index (χ2n) is 7.36. The quantitative estimate of drug-likeness (QED) is 0.410. The van der Waals surface area contributed by atoms with Crippen molar-refractivity contribution in [2.24, 2.45) is 11.7 Å². The maximum absolute atomic E-state index is 13.2. The molecular weight excluding hydrogens is 382 g/mol. The molecule has 0 bridgehead atoms. The third kappa shape index (κ3) is 6.76. The van der Waals surface area contributed by atoms with E-state index >= 15 is 0 Å². The first-order valence-electron chi connectivity index (χ1n) is 10.1. The van der Waals surface area contributed by atoms with Crippen molar-refractivity contribution in [3.05, 3.63) is 59.7 Å². The molecule has 0 aliphatic heterocycles. The van der Waals surface area contributed by atoms with Crippen molar-refractivity contribution in [3.63, 3.8) is 0 Å². The smallest absolute Gasteiger partial charge is 0.309 e. The van der Waals surface area contributed by atoms with Gasteiger partial charge in [0, 0.05) is 31.7 Å². The van der Waals surface area contributed by atoms with E-state index in [1.807, 2.05) is 48.5 Å². The van der Waals surface area contributed by atoms with Crippen LogP contribution in [0.1, 0.15) is 35.2 Å². The summed E-state index contributed by atoms with van der Waals surface area (Å²) in [5, 5.41) is 9.16. The van der Waals surface area contributed by atoms with Crippen LogP contribution < -0.4 is 5.73 Å². The molecule has 0 unspecified atom stereocenters. The van der Waals surface area contributed by atoms with Crippen molar-refractivity contribution in [1.29, 1.82) is 0 Å². The molecule has 0 saturated carbocycles. The Kier molecular flexibility index (Phi) is 9.67. The van der Waals surface area contributed by atoms with Gasteiger partial charge in [0.05, 0.1) is 19.6 Å². The van der Waals surface area contributed by atoms with Gasteiger partial charge in [0.15, 0.2) is 5.78 Å². The van der Waals surface area contributed by atoms with E-state index in [1.165, 1.54) is 7.11 Å². The molecule has 2 aromatic rings. The number of rotatable bonds is 12. The molecule has 162 valence electrons. The van der Waals surface area contributed by atoms with Crippen molar-refractivity contribution >= 4 is 11.8 Å². The van der Waals surface area contributed by atoms with E-state index in [1.54, 1.807) is 7.11 Å². The van der Waals surface area contributed by atoms with Crippen LogP contribution in [0.2, 0.25) is 0 Å². The molecule has 0 fully saturated rings. The van der Waals surface area contributed by atoms with Crippen LogP contribution in [0.3, 0.4) is 0 Å². The number of aliphatic hydroxyl groups is 1. The fourth-order valence-corrected chi connectivity index (χ4v) is 3.35. The number of Topliss-reactive ketones (excluding diaryl/α,β-unsaturated/α-hetero) is 1. The number of aryl methyl sites for hydroxylation is 1. The van der Waals surface area contributed by atoms with Crippen LogP contribution in [0.4, 0.5) is 0 Å². The third-order valence-electron chi connectivity index (χ3n) is 5.14. The lowest BCUT2D eigenvalue weighted by molar-refractivity contribution is -0.146. The van der Waals surface area contributed by atoms with Crippen LogP contribution in [-0.4, -0.2) is 50.3 Å². The van der Waals surface area contributed by atoms with Crippen molar-refractivity contribution < 1.29 is 24.2 Å². The van der Waals surface area contributed by atoms with E-state index in [4.69, 9.17) is 20.3 Å². The van der Waals surface area contributed by atoms with E-state index in [0.717, 1.165) is 16.7 Å². The number of hydrogen-bond donors (Lipinski definition) is 2. The van der Waals surface area contributed by atoms with Crippen molar-refractivity contribution in [3.8, 4) is 11.1 Å². The molecular formula is C24H31NO5. The van der Waals surface area contributed by atoms with Crippen LogP contribution in [-0.2, 0) is 20.7 Å². The summed E-state index contributed by atoms with van der Waals surface area (Å²) in [6.45, 7) is 0.321. The summed E-state index contributed by atoms with van der Waals surface area (Å²) in [7, 11) is 2.89. The minimum Gasteiger partial charge on any atom is -0.469 e. The molecule has 6 heteroatoms. The van der Waals surface area contributed by atoms with Crippen molar-refractivity contribution in [2.75, 3.05) is 27.4 Å². The molecule has 0 heterocycles. The van der Waals surface area contributed by atoms with E-state index in [-0.39, 0.29) is 24.9 Å². The van der Waals surface area contributed by atoms with Gasteiger partial charge in [-0.1, -0.05) is 48.5 Å². The number of esters is 1. The summed E-state index contributed by atoms with van der Waals surface area (Å²) >= 11 is 0. The van der Waals surface area contributed by atoms with Crippen LogP contribution in [0.15, 0.2) is 48.5 Å². The van der Waals surface area contributed by atoms with E-state index in [0.29, 0.717) is 31.4 Å². The number of aliphatic hydroxyl groups excluding tert-OH is 1. The number of benzene rings is 2. The van der Waals surface area contributed by atoms with Crippen LogP contribution >= 0.6 is 0 Å². The van der Waals surface area contributed by atoms with Gasteiger partial charge >= 0.3 is 5.97 Å². The zero-order chi connectivity index (χ0) is 21.9. The molecule has 0 aliphatic carbocycles. The Balaban J connectivity index is 2.32. The Bertz CT molecular complexity index is 822. The normalized spacial score (nSPS) is 12.9. The van der Waals surface area contributed by atoms with Crippen LogP contribution in [0.25, 0.3) is 11.1 Å². The lowest BCUT2D eigenvalue weighted by Gasteiger charge is -2.16. The molecule has 0 amide bonds. The average Bonchev–Trinajstić information content (AvgIpc) is 2.79. The highest BCUT2D eigenvalue weighted by Gasteiger charge is 2.24. The Morgan fingerprint density at radius 2 is 1.80 bits per heavy atom. The van der Waals surface area contributed by atoms with E-state index in [9.17, 15) is 9.59 Å². The molecule has 6 nitrogen and oxygen atoms in total. The Morgan fingerprint density at radius 1 is 1.07 bits per heavy atom. The van der Waals surface area contributed by atoms with Gasteiger partial charge in [-0.15, -0.1) is 0 Å². The van der Waals surface area contributed by atoms with Gasteiger partial charge in [-0.25, -0.2) is 0 Å². The molecule has 0 aromatic heterocycles. The van der Waals surface area contributed by atoms with Gasteiger partial charge in [0.2, 0.25) is 0 Å². The topological polar surface area (TPSA) is 98.9 Å². The zero-order valence-corrected chi connectivity index (χ0v) is 17.7. The highest BCUT2D eigenvalue weighted by Crippen LogP contribution is 2.28. The van der Waals surface area contributed by atoms with Crippen molar-refractivity contribution in [1.82, 2.24) is 0 Å². The summed E-state index contributed by atoms with van der Waals surface area (Å²) in [5.41, 5.74) is 9.19.